The van der Waals surface area contributed by atoms with E-state index in [1.165, 1.54) is 12.0 Å². The van der Waals surface area contributed by atoms with Gasteiger partial charge < -0.3 is 4.84 Å². The number of halogens is 1. The Morgan fingerprint density at radius 2 is 2.62 bits per heavy atom. The summed E-state index contributed by atoms with van der Waals surface area (Å²) in [6, 6.07) is 0. The van der Waals surface area contributed by atoms with E-state index >= 15 is 0 Å². The van der Waals surface area contributed by atoms with Gasteiger partial charge >= 0.3 is 0 Å². The lowest BCUT2D eigenvalue weighted by Crippen LogP contribution is -2.07. The smallest absolute Gasteiger partial charge is 0.165 e. The van der Waals surface area contributed by atoms with Crippen molar-refractivity contribution in [2.24, 2.45) is 0 Å². The fourth-order valence-corrected chi connectivity index (χ4v) is 0.643. The first-order valence-corrected chi connectivity index (χ1v) is 2.74. The molecule has 5 heteroatoms. The van der Waals surface area contributed by atoms with Crippen LogP contribution in [0.4, 0.5) is 0 Å². The third-order valence-electron chi connectivity index (χ3n) is 0.653. The van der Waals surface area contributed by atoms with Gasteiger partial charge in [0.15, 0.2) is 4.60 Å². The largest absolute Gasteiger partial charge is 0.398 e. The van der Waals surface area contributed by atoms with Crippen molar-refractivity contribution in [3.8, 4) is 0 Å². The Balaban J connectivity index is 2.92. The van der Waals surface area contributed by atoms with Crippen molar-refractivity contribution in [3.05, 3.63) is 10.8 Å². The van der Waals surface area contributed by atoms with Gasteiger partial charge in [0.25, 0.3) is 0 Å². The average molecular weight is 178 g/mol. The molecule has 0 fully saturated rings. The van der Waals surface area contributed by atoms with Gasteiger partial charge in [0, 0.05) is 0 Å². The first kappa shape index (κ1) is 5.55. The summed E-state index contributed by atoms with van der Waals surface area (Å²) in [5.41, 5.74) is 0. The molecule has 0 aliphatic carbocycles. The summed E-state index contributed by atoms with van der Waals surface area (Å²) in [5, 5.41) is 7.07. The highest BCUT2D eigenvalue weighted by atomic mass is 79.9. The molecular formula is C3H4BrN3O. The van der Waals surface area contributed by atoms with Crippen molar-refractivity contribution in [1.82, 2.24) is 15.2 Å². The minimum Gasteiger partial charge on any atom is -0.398 e. The van der Waals surface area contributed by atoms with Crippen molar-refractivity contribution in [3.63, 3.8) is 0 Å². The van der Waals surface area contributed by atoms with Gasteiger partial charge in [-0.1, -0.05) is 4.85 Å². The quantitative estimate of drug-likeness (QED) is 0.612. The highest BCUT2D eigenvalue weighted by Gasteiger charge is 1.94. The van der Waals surface area contributed by atoms with Crippen LogP contribution in [0.2, 0.25) is 0 Å². The molecule has 0 aliphatic heterocycles. The standard InChI is InChI=1S/C3H4BrN3O/c1-8-7-3(4)2-5-6-7/h2H,1H3. The van der Waals surface area contributed by atoms with Crippen LogP contribution in [0, 0.1) is 0 Å². The van der Waals surface area contributed by atoms with Gasteiger partial charge in [-0.15, -0.1) is 5.10 Å². The number of rotatable bonds is 1. The molecule has 0 N–H and O–H groups in total. The molecule has 0 atom stereocenters. The van der Waals surface area contributed by atoms with E-state index in [1.807, 2.05) is 0 Å². The zero-order valence-corrected chi connectivity index (χ0v) is 5.79. The maximum Gasteiger partial charge on any atom is 0.165 e. The minimum absolute atomic E-state index is 0.708. The van der Waals surface area contributed by atoms with Gasteiger partial charge in [0.05, 0.1) is 6.20 Å². The molecule has 0 bridgehead atoms. The number of nitrogens with zero attached hydrogens (tertiary/aromatic N) is 3. The van der Waals surface area contributed by atoms with E-state index in [0.29, 0.717) is 4.60 Å². The summed E-state index contributed by atoms with van der Waals surface area (Å²) >= 11 is 3.14. The number of hydrogen-bond acceptors (Lipinski definition) is 3. The van der Waals surface area contributed by atoms with E-state index in [-0.39, 0.29) is 0 Å². The summed E-state index contributed by atoms with van der Waals surface area (Å²) in [4.78, 5) is 5.95. The molecule has 4 nitrogen and oxygen atoms in total. The Morgan fingerprint density at radius 3 is 2.88 bits per heavy atom. The van der Waals surface area contributed by atoms with Gasteiger partial charge in [-0.2, -0.15) is 0 Å². The Labute approximate surface area is 54.5 Å². The van der Waals surface area contributed by atoms with Crippen LogP contribution in [0.5, 0.6) is 0 Å². The van der Waals surface area contributed by atoms with Crippen LogP contribution >= 0.6 is 15.9 Å². The Hall–Kier alpha value is -0.580. The molecule has 0 spiro atoms. The molecule has 0 aromatic carbocycles. The second-order valence-corrected chi connectivity index (χ2v) is 1.92. The van der Waals surface area contributed by atoms with Crippen LogP contribution in [-0.4, -0.2) is 22.3 Å². The molecular weight excluding hydrogens is 174 g/mol. The molecule has 1 rings (SSSR count). The minimum atomic E-state index is 0.708. The average Bonchev–Trinajstić information content (AvgIpc) is 2.14. The molecule has 0 amide bonds. The summed E-state index contributed by atoms with van der Waals surface area (Å²) < 4.78 is 0.708. The monoisotopic (exact) mass is 177 g/mol. The second-order valence-electron chi connectivity index (χ2n) is 1.11. The van der Waals surface area contributed by atoms with Crippen molar-refractivity contribution in [2.75, 3.05) is 7.11 Å². The number of hydrogen-bond donors (Lipinski definition) is 0. The molecule has 1 aromatic rings. The van der Waals surface area contributed by atoms with Crippen LogP contribution in [0.25, 0.3) is 0 Å². The zero-order valence-electron chi connectivity index (χ0n) is 4.21. The predicted molar refractivity (Wildman–Crippen MR) is 30.2 cm³/mol. The van der Waals surface area contributed by atoms with E-state index in [2.05, 4.69) is 31.1 Å². The molecule has 8 heavy (non-hydrogen) atoms. The van der Waals surface area contributed by atoms with Crippen LogP contribution in [0.1, 0.15) is 0 Å². The Kier molecular flexibility index (Phi) is 1.48. The lowest BCUT2D eigenvalue weighted by molar-refractivity contribution is 0.123. The zero-order chi connectivity index (χ0) is 5.98. The maximum atomic E-state index is 4.68. The van der Waals surface area contributed by atoms with Gasteiger partial charge in [-0.05, 0) is 21.1 Å². The van der Waals surface area contributed by atoms with E-state index in [9.17, 15) is 0 Å². The fraction of sp³-hybridized carbons (Fsp3) is 0.333. The molecule has 0 saturated carbocycles. The van der Waals surface area contributed by atoms with E-state index in [4.69, 9.17) is 0 Å². The first-order chi connectivity index (χ1) is 3.84. The lowest BCUT2D eigenvalue weighted by Gasteiger charge is -1.93. The summed E-state index contributed by atoms with van der Waals surface area (Å²) in [7, 11) is 1.51. The van der Waals surface area contributed by atoms with Gasteiger partial charge in [0.2, 0.25) is 0 Å². The molecule has 44 valence electrons. The summed E-state index contributed by atoms with van der Waals surface area (Å²) in [6.45, 7) is 0. The molecule has 0 aliphatic rings. The van der Waals surface area contributed by atoms with Crippen LogP contribution in [0.15, 0.2) is 10.8 Å². The molecule has 0 saturated heterocycles. The normalized spacial score (nSPS) is 9.25. The molecule has 0 unspecified atom stereocenters. The number of aromatic nitrogens is 3. The molecule has 1 aromatic heterocycles. The van der Waals surface area contributed by atoms with Crippen LogP contribution in [-0.2, 0) is 0 Å². The maximum absolute atomic E-state index is 4.68. The van der Waals surface area contributed by atoms with E-state index in [0.717, 1.165) is 0 Å². The SMILES string of the molecule is COn1nncc1Br. The molecule has 0 radical (unpaired) electrons. The third-order valence-corrected chi connectivity index (χ3v) is 1.16. The third kappa shape index (κ3) is 0.812. The fourth-order valence-electron chi connectivity index (χ4n) is 0.336. The highest BCUT2D eigenvalue weighted by molar-refractivity contribution is 9.10. The molecule has 1 heterocycles. The van der Waals surface area contributed by atoms with Crippen molar-refractivity contribution < 1.29 is 4.84 Å². The van der Waals surface area contributed by atoms with Crippen LogP contribution in [0.3, 0.4) is 0 Å². The van der Waals surface area contributed by atoms with Crippen molar-refractivity contribution >= 4 is 15.9 Å². The Morgan fingerprint density at radius 1 is 1.88 bits per heavy atom. The van der Waals surface area contributed by atoms with Gasteiger partial charge in [-0.25, -0.2) is 0 Å². The van der Waals surface area contributed by atoms with Gasteiger partial charge in [0.1, 0.15) is 7.11 Å². The summed E-state index contributed by atoms with van der Waals surface area (Å²) in [5.74, 6) is 0. The predicted octanol–water partition coefficient (Wildman–Crippen LogP) is 0.0990. The first-order valence-electron chi connectivity index (χ1n) is 1.95. The van der Waals surface area contributed by atoms with E-state index in [1.54, 1.807) is 6.20 Å². The van der Waals surface area contributed by atoms with E-state index < -0.39 is 0 Å². The van der Waals surface area contributed by atoms with Gasteiger partial charge in [-0.3, -0.25) is 0 Å². The second kappa shape index (κ2) is 2.13. The van der Waals surface area contributed by atoms with Crippen LogP contribution < -0.4 is 4.84 Å². The topological polar surface area (TPSA) is 39.9 Å². The summed E-state index contributed by atoms with van der Waals surface area (Å²) in [6.07, 6.45) is 1.55. The van der Waals surface area contributed by atoms with Crippen molar-refractivity contribution in [2.45, 2.75) is 0 Å². The Bertz CT molecular complexity index is 175. The highest BCUT2D eigenvalue weighted by Crippen LogP contribution is 2.01. The van der Waals surface area contributed by atoms with Crippen molar-refractivity contribution in [1.29, 1.82) is 0 Å². The lowest BCUT2D eigenvalue weighted by atomic mass is 11.0.